The Bertz CT molecular complexity index is 2230. The molecule has 1 aliphatic rings. The molecule has 1 aliphatic heterocycles. The fourth-order valence-electron chi connectivity index (χ4n) is 7.58. The van der Waals surface area contributed by atoms with Gasteiger partial charge in [0.25, 0.3) is 14.4 Å². The number of benzene rings is 4. The Kier molecular flexibility index (Phi) is 16.0. The lowest BCUT2D eigenvalue weighted by Crippen LogP contribution is -2.43. The molecule has 5 aromatic rings. The van der Waals surface area contributed by atoms with Crippen molar-refractivity contribution in [2.24, 2.45) is 0 Å². The zero-order valence-corrected chi connectivity index (χ0v) is 36.9. The van der Waals surface area contributed by atoms with E-state index in [1.165, 1.54) is 23.9 Å². The van der Waals surface area contributed by atoms with Crippen LogP contribution < -0.4 is 20.5 Å². The molecule has 62 heavy (non-hydrogen) atoms. The third-order valence-corrected chi connectivity index (χ3v) is 12.6. The van der Waals surface area contributed by atoms with Crippen LogP contribution in [0.5, 0.6) is 11.5 Å². The molecule has 4 aromatic carbocycles. The van der Waals surface area contributed by atoms with Gasteiger partial charge in [0.2, 0.25) is 0 Å². The van der Waals surface area contributed by atoms with Crippen LogP contribution in [-0.2, 0) is 28.9 Å². The van der Waals surface area contributed by atoms with E-state index in [4.69, 9.17) is 32.7 Å². The van der Waals surface area contributed by atoms with Gasteiger partial charge in [-0.2, -0.15) is 10.2 Å². The first-order valence-corrected chi connectivity index (χ1v) is 21.5. The van der Waals surface area contributed by atoms with E-state index >= 15 is 0 Å². The summed E-state index contributed by atoms with van der Waals surface area (Å²) < 4.78 is 48.3. The number of carbonyl (C=O) groups excluding carboxylic acids is 1. The number of amides is 1. The van der Waals surface area contributed by atoms with Gasteiger partial charge in [-0.15, -0.1) is 0 Å². The fourth-order valence-corrected chi connectivity index (χ4v) is 9.35. The van der Waals surface area contributed by atoms with Crippen molar-refractivity contribution < 1.29 is 37.5 Å². The van der Waals surface area contributed by atoms with Crippen LogP contribution >= 0.6 is 8.53 Å². The fraction of sp³-hybridized carbons (Fsp3) is 0.362. The van der Waals surface area contributed by atoms with Gasteiger partial charge in [0.1, 0.15) is 41.2 Å². The molecule has 1 fully saturated rings. The summed E-state index contributed by atoms with van der Waals surface area (Å²) in [6, 6.07) is 37.6. The highest BCUT2D eigenvalue weighted by Gasteiger charge is 2.51. The Labute approximate surface area is 364 Å². The lowest BCUT2D eigenvalue weighted by atomic mass is 9.80. The van der Waals surface area contributed by atoms with E-state index in [2.05, 4.69) is 48.7 Å². The third-order valence-electron chi connectivity index (χ3n) is 10.5. The zero-order valence-electron chi connectivity index (χ0n) is 36.0. The standard InChI is InChI=1S/C47H54N5O9P/c1-32(2)52(33(3)4)62(59-30-14-28-48)61-42-40(60-45(43(42)57-7)51-29-27-41(50-46(51)54)49-44(53)34-15-10-8-11-16-34)31-58-47(35-17-12-9-13-18-35,36-19-23-38(55-5)24-20-36)37-21-25-39(56-6)26-22-37/h8-13,15-27,29,32-33,40,42-43,45H,14,30-31H2,1-7H3,(H,49,50,53,54)/t40-,42-,43-,45-,62-/m1/s1. The van der Waals surface area contributed by atoms with Crippen molar-refractivity contribution >= 4 is 20.3 Å². The number of anilines is 1. The second-order valence-corrected chi connectivity index (χ2v) is 16.4. The van der Waals surface area contributed by atoms with Crippen molar-refractivity contribution in [3.8, 4) is 17.6 Å². The summed E-state index contributed by atoms with van der Waals surface area (Å²) in [7, 11) is 2.95. The van der Waals surface area contributed by atoms with Crippen LogP contribution in [-0.4, -0.2) is 85.1 Å². The van der Waals surface area contributed by atoms with Crippen LogP contribution in [0.1, 0.15) is 67.4 Å². The molecule has 0 radical (unpaired) electrons. The normalized spacial score (nSPS) is 18.1. The molecule has 5 atom stereocenters. The van der Waals surface area contributed by atoms with Crippen molar-refractivity contribution in [2.75, 3.05) is 39.9 Å². The summed E-state index contributed by atoms with van der Waals surface area (Å²) in [6.45, 7) is 8.28. The van der Waals surface area contributed by atoms with E-state index in [0.717, 1.165) is 16.7 Å². The number of hydrogen-bond acceptors (Lipinski definition) is 12. The first-order valence-electron chi connectivity index (χ1n) is 20.4. The maximum absolute atomic E-state index is 13.9. The number of nitrogens with one attached hydrogen (secondary N) is 1. The highest BCUT2D eigenvalue weighted by atomic mass is 31.2. The molecular weight excluding hydrogens is 810 g/mol. The van der Waals surface area contributed by atoms with Gasteiger partial charge in [0.15, 0.2) is 6.23 Å². The number of nitrogens with zero attached hydrogens (tertiary/aromatic N) is 4. The number of ether oxygens (including phenoxy) is 5. The first kappa shape index (κ1) is 46.0. The van der Waals surface area contributed by atoms with Gasteiger partial charge in [-0.05, 0) is 86.8 Å². The molecular formula is C47H54N5O9P. The molecule has 0 bridgehead atoms. The van der Waals surface area contributed by atoms with Crippen LogP contribution in [0.15, 0.2) is 126 Å². The average molecular weight is 864 g/mol. The summed E-state index contributed by atoms with van der Waals surface area (Å²) >= 11 is 0. The number of methoxy groups -OCH3 is 3. The quantitative estimate of drug-likeness (QED) is 0.0457. The van der Waals surface area contributed by atoms with Crippen molar-refractivity contribution in [1.29, 1.82) is 5.26 Å². The highest BCUT2D eigenvalue weighted by molar-refractivity contribution is 7.44. The molecule has 0 unspecified atom stereocenters. The monoisotopic (exact) mass is 863 g/mol. The Morgan fingerprint density at radius 3 is 1.92 bits per heavy atom. The molecule has 15 heteroatoms. The van der Waals surface area contributed by atoms with Crippen LogP contribution in [0, 0.1) is 11.3 Å². The molecule has 2 heterocycles. The molecule has 326 valence electrons. The topological polar surface area (TPSA) is 156 Å². The van der Waals surface area contributed by atoms with E-state index in [1.807, 2.05) is 84.9 Å². The molecule has 0 saturated carbocycles. The number of rotatable bonds is 20. The molecule has 0 aliphatic carbocycles. The van der Waals surface area contributed by atoms with E-state index in [9.17, 15) is 14.9 Å². The van der Waals surface area contributed by atoms with Crippen molar-refractivity contribution in [2.45, 2.75) is 76.3 Å². The number of hydrogen-bond donors (Lipinski definition) is 1. The molecule has 14 nitrogen and oxygen atoms in total. The molecule has 1 N–H and O–H groups in total. The summed E-state index contributed by atoms with van der Waals surface area (Å²) in [5, 5.41) is 12.1. The van der Waals surface area contributed by atoms with Crippen LogP contribution in [0.25, 0.3) is 0 Å². The smallest absolute Gasteiger partial charge is 0.351 e. The maximum atomic E-state index is 13.9. The summed E-state index contributed by atoms with van der Waals surface area (Å²) in [4.78, 5) is 31.0. The summed E-state index contributed by atoms with van der Waals surface area (Å²) in [5.74, 6) is 1.02. The maximum Gasteiger partial charge on any atom is 0.351 e. The zero-order chi connectivity index (χ0) is 44.2. The molecule has 0 spiro atoms. The number of carbonyl (C=O) groups is 1. The largest absolute Gasteiger partial charge is 0.497 e. The van der Waals surface area contributed by atoms with Gasteiger partial charge in [-0.25, -0.2) is 9.46 Å². The SMILES string of the molecule is COc1ccc(C(OC[C@H]2O[C@@H](n3ccc(NC(=O)c4ccccc4)nc3=O)[C@H](OC)[C@@H]2O[P@@](OCCC#N)N(C(C)C)C(C)C)(c2ccccc2)c2ccc(OC)cc2)cc1. The second-order valence-electron chi connectivity index (χ2n) is 15.0. The van der Waals surface area contributed by atoms with Gasteiger partial charge in [0.05, 0.1) is 39.9 Å². The van der Waals surface area contributed by atoms with Crippen LogP contribution in [0.3, 0.4) is 0 Å². The van der Waals surface area contributed by atoms with Crippen molar-refractivity contribution in [1.82, 2.24) is 14.2 Å². The minimum Gasteiger partial charge on any atom is -0.497 e. The number of nitriles is 1. The molecule has 1 aromatic heterocycles. The lowest BCUT2D eigenvalue weighted by Gasteiger charge is -2.39. The van der Waals surface area contributed by atoms with E-state index in [-0.39, 0.29) is 37.5 Å². The Morgan fingerprint density at radius 2 is 1.40 bits per heavy atom. The summed E-state index contributed by atoms with van der Waals surface area (Å²) in [6.07, 6.45) is -1.99. The van der Waals surface area contributed by atoms with E-state index in [0.29, 0.717) is 17.1 Å². The van der Waals surface area contributed by atoms with Crippen LogP contribution in [0.2, 0.25) is 0 Å². The van der Waals surface area contributed by atoms with E-state index in [1.54, 1.807) is 38.5 Å². The second kappa shape index (κ2) is 21.5. The van der Waals surface area contributed by atoms with E-state index < -0.39 is 50.3 Å². The molecule has 6 rings (SSSR count). The molecule has 1 saturated heterocycles. The minimum atomic E-state index is -1.81. The minimum absolute atomic E-state index is 0.00153. The Hall–Kier alpha value is -5.49. The van der Waals surface area contributed by atoms with Gasteiger partial charge < -0.3 is 38.0 Å². The average Bonchev–Trinajstić information content (AvgIpc) is 3.63. The van der Waals surface area contributed by atoms with Crippen molar-refractivity contribution in [3.63, 3.8) is 0 Å². The van der Waals surface area contributed by atoms with Gasteiger partial charge >= 0.3 is 5.69 Å². The third kappa shape index (κ3) is 10.4. The number of aromatic nitrogens is 2. The van der Waals surface area contributed by atoms with Crippen LogP contribution in [0.4, 0.5) is 5.82 Å². The van der Waals surface area contributed by atoms with Gasteiger partial charge in [-0.1, -0.05) is 72.8 Å². The van der Waals surface area contributed by atoms with Crippen molar-refractivity contribution in [3.05, 3.63) is 154 Å². The highest BCUT2D eigenvalue weighted by Crippen LogP contribution is 2.51. The molecule has 1 amide bonds. The Morgan fingerprint density at radius 1 is 0.839 bits per heavy atom. The predicted molar refractivity (Wildman–Crippen MR) is 236 cm³/mol. The lowest BCUT2D eigenvalue weighted by molar-refractivity contribution is -0.0957. The van der Waals surface area contributed by atoms with Gasteiger partial charge in [0, 0.05) is 31.0 Å². The Balaban J connectivity index is 1.44. The summed E-state index contributed by atoms with van der Waals surface area (Å²) in [5.41, 5.74) is 0.990. The van der Waals surface area contributed by atoms with Gasteiger partial charge in [-0.3, -0.25) is 9.36 Å². The predicted octanol–water partition coefficient (Wildman–Crippen LogP) is 8.10. The first-order chi connectivity index (χ1) is 30.0.